The molecule has 0 saturated heterocycles. The zero-order valence-corrected chi connectivity index (χ0v) is 18.4. The Bertz CT molecular complexity index is 1080. The van der Waals surface area contributed by atoms with Crippen LogP contribution in [-0.4, -0.2) is 20.1 Å². The van der Waals surface area contributed by atoms with E-state index in [0.717, 1.165) is 36.1 Å². The van der Waals surface area contributed by atoms with Gasteiger partial charge in [-0.25, -0.2) is 0 Å². The molecule has 148 valence electrons. The van der Waals surface area contributed by atoms with Crippen LogP contribution in [0.2, 0.25) is 0 Å². The van der Waals surface area contributed by atoms with Crippen LogP contribution < -0.4 is 14.8 Å². The van der Waals surface area contributed by atoms with Gasteiger partial charge in [0.05, 0.1) is 24.3 Å². The van der Waals surface area contributed by atoms with Gasteiger partial charge in [0.15, 0.2) is 11.5 Å². The molecule has 0 aliphatic heterocycles. The summed E-state index contributed by atoms with van der Waals surface area (Å²) in [7, 11) is 3.04. The molecule has 1 heterocycles. The van der Waals surface area contributed by atoms with Crippen molar-refractivity contribution in [3.05, 3.63) is 43.7 Å². The number of nitrogens with zero attached hydrogens (tertiary/aromatic N) is 2. The number of anilines is 1. The molecule has 1 N–H and O–H groups in total. The molecule has 1 aliphatic carbocycles. The zero-order chi connectivity index (χ0) is 21.0. The first-order valence-corrected chi connectivity index (χ1v) is 10.5. The molecule has 0 fully saturated rings. The maximum atomic E-state index is 12.7. The second-order valence-electron chi connectivity index (χ2n) is 6.39. The van der Waals surface area contributed by atoms with Crippen molar-refractivity contribution in [3.8, 4) is 23.6 Å². The lowest BCUT2D eigenvalue weighted by Gasteiger charge is -2.10. The normalized spacial score (nSPS) is 13.1. The van der Waals surface area contributed by atoms with Crippen LogP contribution in [0, 0.1) is 22.7 Å². The van der Waals surface area contributed by atoms with Crippen molar-refractivity contribution in [2.24, 2.45) is 0 Å². The molecule has 2 aromatic rings. The predicted octanol–water partition coefficient (Wildman–Crippen LogP) is 4.82. The molecule has 0 radical (unpaired) electrons. The summed E-state index contributed by atoms with van der Waals surface area (Å²) in [5, 5.41) is 22.3. The summed E-state index contributed by atoms with van der Waals surface area (Å²) < 4.78 is 11.2. The fourth-order valence-corrected chi connectivity index (χ4v) is 5.14. The molecule has 6 nitrogen and oxygen atoms in total. The lowest BCUT2D eigenvalue weighted by atomic mass is 9.96. The first kappa shape index (κ1) is 20.9. The Hall–Kier alpha value is -2.81. The fourth-order valence-electron chi connectivity index (χ4n) is 3.28. The van der Waals surface area contributed by atoms with Crippen molar-refractivity contribution in [3.63, 3.8) is 0 Å². The minimum absolute atomic E-state index is 0.0700. The van der Waals surface area contributed by atoms with Gasteiger partial charge in [0.2, 0.25) is 0 Å². The summed E-state index contributed by atoms with van der Waals surface area (Å²) in [6.45, 7) is 0. The van der Waals surface area contributed by atoms with E-state index in [4.69, 9.17) is 9.47 Å². The summed E-state index contributed by atoms with van der Waals surface area (Å²) in [4.78, 5) is 13.9. The number of carbonyl (C=O) groups excluding carboxylic acids is 1. The van der Waals surface area contributed by atoms with Gasteiger partial charge in [0.25, 0.3) is 5.91 Å². The Morgan fingerprint density at radius 3 is 2.66 bits per heavy atom. The number of benzene rings is 1. The number of methoxy groups -OCH3 is 2. The third-order valence-corrected chi connectivity index (χ3v) is 6.44. The number of nitrogens with one attached hydrogen (secondary N) is 1. The number of hydrogen-bond acceptors (Lipinski definition) is 6. The van der Waals surface area contributed by atoms with Crippen molar-refractivity contribution in [2.45, 2.75) is 25.7 Å². The maximum absolute atomic E-state index is 12.7. The minimum Gasteiger partial charge on any atom is -0.493 e. The number of fused-ring (bicyclic) bond motifs is 1. The van der Waals surface area contributed by atoms with Gasteiger partial charge in [-0.05, 0) is 70.9 Å². The van der Waals surface area contributed by atoms with Crippen LogP contribution in [0.5, 0.6) is 11.5 Å². The van der Waals surface area contributed by atoms with Crippen LogP contribution in [-0.2, 0) is 17.6 Å². The van der Waals surface area contributed by atoms with Gasteiger partial charge in [-0.1, -0.05) is 0 Å². The summed E-state index contributed by atoms with van der Waals surface area (Å²) in [6, 6.07) is 7.56. The number of amides is 1. The monoisotopic (exact) mass is 471 g/mol. The number of rotatable bonds is 5. The van der Waals surface area contributed by atoms with E-state index in [1.54, 1.807) is 12.1 Å². The highest BCUT2D eigenvalue weighted by molar-refractivity contribution is 9.10. The number of aryl methyl sites for hydroxylation is 1. The first-order valence-electron chi connectivity index (χ1n) is 8.91. The molecule has 0 unspecified atom stereocenters. The molecule has 0 spiro atoms. The summed E-state index contributed by atoms with van der Waals surface area (Å²) >= 11 is 4.83. The van der Waals surface area contributed by atoms with E-state index in [1.807, 2.05) is 6.07 Å². The Morgan fingerprint density at radius 2 is 2.00 bits per heavy atom. The second-order valence-corrected chi connectivity index (χ2v) is 8.35. The predicted molar refractivity (Wildman–Crippen MR) is 115 cm³/mol. The van der Waals surface area contributed by atoms with E-state index in [-0.39, 0.29) is 5.57 Å². The van der Waals surface area contributed by atoms with Gasteiger partial charge in [-0.2, -0.15) is 10.5 Å². The first-order chi connectivity index (χ1) is 14.0. The summed E-state index contributed by atoms with van der Waals surface area (Å²) in [6.07, 6.45) is 5.38. The largest absolute Gasteiger partial charge is 0.493 e. The number of nitriles is 2. The zero-order valence-electron chi connectivity index (χ0n) is 16.0. The fraction of sp³-hybridized carbons (Fsp3) is 0.286. The van der Waals surface area contributed by atoms with Crippen LogP contribution in [0.4, 0.5) is 5.00 Å². The van der Waals surface area contributed by atoms with Crippen molar-refractivity contribution in [2.75, 3.05) is 19.5 Å². The summed E-state index contributed by atoms with van der Waals surface area (Å²) in [5.41, 5.74) is 2.08. The Balaban J connectivity index is 1.91. The summed E-state index contributed by atoms with van der Waals surface area (Å²) in [5.74, 6) is 0.451. The van der Waals surface area contributed by atoms with Gasteiger partial charge in [0, 0.05) is 4.88 Å². The van der Waals surface area contributed by atoms with E-state index >= 15 is 0 Å². The molecule has 8 heteroatoms. The average molecular weight is 472 g/mol. The number of halogens is 1. The van der Waals surface area contributed by atoms with Gasteiger partial charge < -0.3 is 14.8 Å². The van der Waals surface area contributed by atoms with Crippen molar-refractivity contribution < 1.29 is 14.3 Å². The lowest BCUT2D eigenvalue weighted by Crippen LogP contribution is -2.13. The number of thiophene rings is 1. The molecule has 1 aliphatic rings. The van der Waals surface area contributed by atoms with Crippen molar-refractivity contribution in [1.82, 2.24) is 0 Å². The van der Waals surface area contributed by atoms with Crippen molar-refractivity contribution in [1.29, 1.82) is 10.5 Å². The highest BCUT2D eigenvalue weighted by Crippen LogP contribution is 2.38. The van der Waals surface area contributed by atoms with Gasteiger partial charge in [0.1, 0.15) is 22.7 Å². The molecule has 0 atom stereocenters. The van der Waals surface area contributed by atoms with E-state index < -0.39 is 5.91 Å². The number of hydrogen-bond donors (Lipinski definition) is 1. The van der Waals surface area contributed by atoms with E-state index in [9.17, 15) is 15.3 Å². The molecule has 1 aromatic carbocycles. The Labute approximate surface area is 181 Å². The minimum atomic E-state index is -0.548. The highest BCUT2D eigenvalue weighted by Gasteiger charge is 2.23. The van der Waals surface area contributed by atoms with Crippen LogP contribution in [0.3, 0.4) is 0 Å². The molecule has 29 heavy (non-hydrogen) atoms. The number of carbonyl (C=O) groups is 1. The van der Waals surface area contributed by atoms with Gasteiger partial charge in [-0.3, -0.25) is 4.79 Å². The SMILES string of the molecule is COc1cc(/C=C(/C#N)C(=O)Nc2sc3c(c2C#N)CCCC3)cc(Br)c1OC. The molecule has 0 bridgehead atoms. The van der Waals surface area contributed by atoms with E-state index in [2.05, 4.69) is 27.3 Å². The molecular formula is C21H18BrN3O3S. The van der Waals surface area contributed by atoms with Crippen LogP contribution in [0.1, 0.15) is 34.4 Å². The van der Waals surface area contributed by atoms with E-state index in [0.29, 0.717) is 32.1 Å². The third kappa shape index (κ3) is 4.29. The van der Waals surface area contributed by atoms with Gasteiger partial charge in [-0.15, -0.1) is 11.3 Å². The Morgan fingerprint density at radius 1 is 1.24 bits per heavy atom. The molecular weight excluding hydrogens is 454 g/mol. The molecule has 3 rings (SSSR count). The molecule has 1 aromatic heterocycles. The van der Waals surface area contributed by atoms with Crippen LogP contribution >= 0.6 is 27.3 Å². The molecule has 1 amide bonds. The van der Waals surface area contributed by atoms with Crippen LogP contribution in [0.25, 0.3) is 6.08 Å². The smallest absolute Gasteiger partial charge is 0.266 e. The standard InChI is InChI=1S/C21H18BrN3O3S/c1-27-17-9-12(8-16(22)19(17)28-2)7-13(10-23)20(26)25-21-15(11-24)14-5-3-4-6-18(14)29-21/h7-9H,3-6H2,1-2H3,(H,25,26)/b13-7-. The highest BCUT2D eigenvalue weighted by atomic mass is 79.9. The topological polar surface area (TPSA) is 95.1 Å². The second kappa shape index (κ2) is 9.13. The average Bonchev–Trinajstić information content (AvgIpc) is 3.08. The van der Waals surface area contributed by atoms with E-state index in [1.165, 1.54) is 31.6 Å². The molecule has 0 saturated carbocycles. The lowest BCUT2D eigenvalue weighted by molar-refractivity contribution is -0.112. The quantitative estimate of drug-likeness (QED) is 0.497. The number of ether oxygens (including phenoxy) is 2. The van der Waals surface area contributed by atoms with Gasteiger partial charge >= 0.3 is 0 Å². The third-order valence-electron chi connectivity index (χ3n) is 4.64. The maximum Gasteiger partial charge on any atom is 0.266 e. The van der Waals surface area contributed by atoms with Crippen LogP contribution in [0.15, 0.2) is 22.2 Å². The Kier molecular flexibility index (Phi) is 6.58. The van der Waals surface area contributed by atoms with Crippen molar-refractivity contribution >= 4 is 44.3 Å².